The minimum Gasteiger partial charge on any atom is -0.497 e. The summed E-state index contributed by atoms with van der Waals surface area (Å²) >= 11 is 1.29. The third kappa shape index (κ3) is 6.15. The number of imide groups is 1. The first-order valence-electron chi connectivity index (χ1n) is 10.7. The number of anilines is 1. The molecule has 2 heterocycles. The topological polar surface area (TPSA) is 94.5 Å². The van der Waals surface area contributed by atoms with E-state index in [-0.39, 0.29) is 11.9 Å². The molecule has 1 aromatic heterocycles. The van der Waals surface area contributed by atoms with Gasteiger partial charge in [0.15, 0.2) is 5.16 Å². The van der Waals surface area contributed by atoms with Crippen LogP contribution < -0.4 is 15.4 Å². The maximum Gasteiger partial charge on any atom is 0.325 e. The zero-order chi connectivity index (χ0) is 23.0. The second-order valence-electron chi connectivity index (χ2n) is 7.56. The highest BCUT2D eigenvalue weighted by Gasteiger charge is 2.21. The fourth-order valence-electron chi connectivity index (χ4n) is 3.61. The summed E-state index contributed by atoms with van der Waals surface area (Å²) in [6.45, 7) is 1.44. The largest absolute Gasteiger partial charge is 0.497 e. The Morgan fingerprint density at radius 2 is 1.97 bits per heavy atom. The minimum absolute atomic E-state index is 0.0623. The number of ether oxygens (including phenoxy) is 2. The van der Waals surface area contributed by atoms with Crippen LogP contribution in [0.2, 0.25) is 0 Å². The molecule has 2 aromatic carbocycles. The van der Waals surface area contributed by atoms with E-state index in [0.717, 1.165) is 35.9 Å². The Hall–Kier alpha value is -3.30. The highest BCUT2D eigenvalue weighted by molar-refractivity contribution is 7.99. The number of nitrogens with one attached hydrogen (secondary N) is 2. The number of urea groups is 1. The van der Waals surface area contributed by atoms with Crippen molar-refractivity contribution in [1.82, 2.24) is 14.9 Å². The van der Waals surface area contributed by atoms with Crippen LogP contribution in [0, 0.1) is 0 Å². The van der Waals surface area contributed by atoms with E-state index in [1.165, 1.54) is 11.8 Å². The van der Waals surface area contributed by atoms with Gasteiger partial charge in [-0.15, -0.1) is 0 Å². The summed E-state index contributed by atoms with van der Waals surface area (Å²) in [6.07, 6.45) is 4.00. The number of hydrogen-bond donors (Lipinski definition) is 2. The van der Waals surface area contributed by atoms with Gasteiger partial charge in [-0.3, -0.25) is 10.1 Å². The van der Waals surface area contributed by atoms with Crippen LogP contribution >= 0.6 is 11.8 Å². The molecule has 0 radical (unpaired) electrons. The second-order valence-corrected chi connectivity index (χ2v) is 8.50. The van der Waals surface area contributed by atoms with E-state index < -0.39 is 11.9 Å². The van der Waals surface area contributed by atoms with Crippen LogP contribution in [0.1, 0.15) is 12.8 Å². The van der Waals surface area contributed by atoms with Gasteiger partial charge in [-0.2, -0.15) is 0 Å². The molecule has 8 nitrogen and oxygen atoms in total. The zero-order valence-electron chi connectivity index (χ0n) is 18.3. The van der Waals surface area contributed by atoms with Crippen molar-refractivity contribution in [2.75, 3.05) is 24.8 Å². The molecular weight excluding hydrogens is 440 g/mol. The van der Waals surface area contributed by atoms with Crippen LogP contribution in [0.15, 0.2) is 66.0 Å². The van der Waals surface area contributed by atoms with E-state index in [1.54, 1.807) is 31.4 Å². The van der Waals surface area contributed by atoms with Gasteiger partial charge in [0.1, 0.15) is 5.75 Å². The molecule has 0 bridgehead atoms. The Morgan fingerprint density at radius 1 is 1.18 bits per heavy atom. The summed E-state index contributed by atoms with van der Waals surface area (Å²) in [5.74, 6) is 0.341. The van der Waals surface area contributed by atoms with E-state index in [2.05, 4.69) is 20.2 Å². The Morgan fingerprint density at radius 3 is 2.67 bits per heavy atom. The molecule has 3 aromatic rings. The molecule has 1 aliphatic rings. The predicted molar refractivity (Wildman–Crippen MR) is 128 cm³/mol. The smallest absolute Gasteiger partial charge is 0.325 e. The number of hydrogen-bond acceptors (Lipinski definition) is 6. The van der Waals surface area contributed by atoms with Gasteiger partial charge in [-0.1, -0.05) is 42.1 Å². The lowest BCUT2D eigenvalue weighted by atomic mass is 10.1. The van der Waals surface area contributed by atoms with Crippen LogP contribution in [0.5, 0.6) is 5.75 Å². The van der Waals surface area contributed by atoms with Gasteiger partial charge in [0, 0.05) is 12.3 Å². The lowest BCUT2D eigenvalue weighted by molar-refractivity contribution is -0.117. The predicted octanol–water partition coefficient (Wildman–Crippen LogP) is 4.18. The van der Waals surface area contributed by atoms with Gasteiger partial charge in [0.05, 0.1) is 37.4 Å². The number of rotatable bonds is 8. The quantitative estimate of drug-likeness (QED) is 0.484. The first kappa shape index (κ1) is 22.9. The number of nitrogens with zero attached hydrogens (tertiary/aromatic N) is 2. The number of thioether (sulfide) groups is 1. The molecule has 0 spiro atoms. The summed E-state index contributed by atoms with van der Waals surface area (Å²) in [5.41, 5.74) is 2.60. The van der Waals surface area contributed by atoms with Crippen LogP contribution in [-0.2, 0) is 16.1 Å². The zero-order valence-corrected chi connectivity index (χ0v) is 19.1. The molecule has 1 fully saturated rings. The Labute approximate surface area is 196 Å². The van der Waals surface area contributed by atoms with Crippen molar-refractivity contribution in [3.8, 4) is 17.0 Å². The third-order valence-electron chi connectivity index (χ3n) is 5.23. The van der Waals surface area contributed by atoms with Crippen molar-refractivity contribution in [2.24, 2.45) is 0 Å². The monoisotopic (exact) mass is 466 g/mol. The molecule has 1 unspecified atom stereocenters. The van der Waals surface area contributed by atoms with Gasteiger partial charge >= 0.3 is 6.03 Å². The first-order chi connectivity index (χ1) is 16.1. The SMILES string of the molecule is COc1ccc(NC(=O)NC(=O)CSc2ncc(-c3ccccc3)n2CC2CCCO2)cc1. The van der Waals surface area contributed by atoms with Crippen molar-refractivity contribution in [3.63, 3.8) is 0 Å². The summed E-state index contributed by atoms with van der Waals surface area (Å²) in [5, 5.41) is 5.71. The van der Waals surface area contributed by atoms with Gasteiger partial charge < -0.3 is 19.4 Å². The number of carbonyl (C=O) groups is 2. The molecular formula is C24H26N4O4S. The van der Waals surface area contributed by atoms with Crippen molar-refractivity contribution < 1.29 is 19.1 Å². The summed E-state index contributed by atoms with van der Waals surface area (Å²) in [7, 11) is 1.57. The number of carbonyl (C=O) groups excluding carboxylic acids is 2. The Balaban J connectivity index is 1.37. The number of aromatic nitrogens is 2. The van der Waals surface area contributed by atoms with Crippen LogP contribution in [0.3, 0.4) is 0 Å². The second kappa shape index (κ2) is 11.0. The summed E-state index contributed by atoms with van der Waals surface area (Å²) in [6, 6.07) is 16.3. The Kier molecular flexibility index (Phi) is 7.64. The molecule has 2 N–H and O–H groups in total. The van der Waals surface area contributed by atoms with Gasteiger partial charge in [0.2, 0.25) is 5.91 Å². The summed E-state index contributed by atoms with van der Waals surface area (Å²) in [4.78, 5) is 29.1. The van der Waals surface area contributed by atoms with Crippen molar-refractivity contribution >= 4 is 29.4 Å². The van der Waals surface area contributed by atoms with Gasteiger partial charge in [-0.25, -0.2) is 9.78 Å². The molecule has 9 heteroatoms. The highest BCUT2D eigenvalue weighted by atomic mass is 32.2. The van der Waals surface area contributed by atoms with Crippen molar-refractivity contribution in [2.45, 2.75) is 30.6 Å². The molecule has 1 aliphatic heterocycles. The van der Waals surface area contributed by atoms with E-state index in [1.807, 2.05) is 36.5 Å². The average Bonchev–Trinajstić information content (AvgIpc) is 3.49. The van der Waals surface area contributed by atoms with Crippen molar-refractivity contribution in [1.29, 1.82) is 0 Å². The number of imidazole rings is 1. The molecule has 0 aliphatic carbocycles. The molecule has 1 saturated heterocycles. The lowest BCUT2D eigenvalue weighted by Gasteiger charge is -2.16. The standard InChI is InChI=1S/C24H26N4O4S/c1-31-19-11-9-18(10-12-19)26-23(30)27-22(29)16-33-24-25-14-21(17-6-3-2-4-7-17)28(24)15-20-8-5-13-32-20/h2-4,6-7,9-12,14,20H,5,8,13,15-16H2,1H3,(H2,26,27,29,30). The van der Waals surface area contributed by atoms with E-state index >= 15 is 0 Å². The van der Waals surface area contributed by atoms with Crippen molar-refractivity contribution in [3.05, 3.63) is 60.8 Å². The lowest BCUT2D eigenvalue weighted by Crippen LogP contribution is -2.35. The molecule has 3 amide bonds. The molecule has 0 saturated carbocycles. The number of benzene rings is 2. The fourth-order valence-corrected chi connectivity index (χ4v) is 4.40. The van der Waals surface area contributed by atoms with Crippen LogP contribution in [0.4, 0.5) is 10.5 Å². The third-order valence-corrected chi connectivity index (χ3v) is 6.22. The molecule has 172 valence electrons. The number of amides is 3. The van der Waals surface area contributed by atoms with E-state index in [9.17, 15) is 9.59 Å². The molecule has 33 heavy (non-hydrogen) atoms. The maximum absolute atomic E-state index is 12.4. The normalized spacial score (nSPS) is 15.2. The van der Waals surface area contributed by atoms with Gasteiger partial charge in [-0.05, 0) is 42.7 Å². The summed E-state index contributed by atoms with van der Waals surface area (Å²) < 4.78 is 13.0. The van der Waals surface area contributed by atoms with E-state index in [4.69, 9.17) is 9.47 Å². The highest BCUT2D eigenvalue weighted by Crippen LogP contribution is 2.28. The van der Waals surface area contributed by atoms with E-state index in [0.29, 0.717) is 18.0 Å². The molecule has 4 rings (SSSR count). The fraction of sp³-hybridized carbons (Fsp3) is 0.292. The van der Waals surface area contributed by atoms with Crippen LogP contribution in [0.25, 0.3) is 11.3 Å². The number of methoxy groups -OCH3 is 1. The van der Waals surface area contributed by atoms with Gasteiger partial charge in [0.25, 0.3) is 0 Å². The Bertz CT molecular complexity index is 1080. The van der Waals surface area contributed by atoms with Crippen LogP contribution in [-0.4, -0.2) is 47.1 Å². The minimum atomic E-state index is -0.585. The molecule has 1 atom stereocenters. The maximum atomic E-state index is 12.4. The first-order valence-corrected chi connectivity index (χ1v) is 11.7. The average molecular weight is 467 g/mol.